The van der Waals surface area contributed by atoms with Crippen molar-refractivity contribution in [3.63, 3.8) is 0 Å². The lowest BCUT2D eigenvalue weighted by Crippen LogP contribution is -2.29. The van der Waals surface area contributed by atoms with Crippen molar-refractivity contribution in [2.75, 3.05) is 0 Å². The normalized spacial score (nSPS) is 11.9. The Morgan fingerprint density at radius 3 is 1.89 bits per heavy atom. The van der Waals surface area contributed by atoms with Crippen molar-refractivity contribution in [1.82, 2.24) is 5.32 Å². The Morgan fingerprint density at radius 2 is 1.37 bits per heavy atom. The SMILES string of the molecule is CC(C)NC(Cc1ccccc1)c1ccccc1.Cl. The Bertz CT molecular complexity index is 453. The fourth-order valence-corrected chi connectivity index (χ4v) is 2.21. The number of halogens is 1. The summed E-state index contributed by atoms with van der Waals surface area (Å²) in [6.07, 6.45) is 1.03. The second kappa shape index (κ2) is 7.98. The maximum atomic E-state index is 3.64. The van der Waals surface area contributed by atoms with E-state index >= 15 is 0 Å². The largest absolute Gasteiger partial charge is 0.307 e. The van der Waals surface area contributed by atoms with Crippen molar-refractivity contribution < 1.29 is 0 Å². The molecule has 0 heterocycles. The maximum absolute atomic E-state index is 3.64. The molecule has 0 aliphatic rings. The Balaban J connectivity index is 0.00000180. The first-order chi connectivity index (χ1) is 8.75. The van der Waals surface area contributed by atoms with Gasteiger partial charge in [-0.1, -0.05) is 74.5 Å². The highest BCUT2D eigenvalue weighted by Gasteiger charge is 2.12. The molecule has 1 nitrogen and oxygen atoms in total. The molecule has 2 heteroatoms. The van der Waals surface area contributed by atoms with E-state index < -0.39 is 0 Å². The van der Waals surface area contributed by atoms with E-state index in [0.717, 1.165) is 6.42 Å². The van der Waals surface area contributed by atoms with E-state index in [0.29, 0.717) is 12.1 Å². The van der Waals surface area contributed by atoms with E-state index in [1.807, 2.05) is 0 Å². The number of hydrogen-bond donors (Lipinski definition) is 1. The van der Waals surface area contributed by atoms with E-state index in [-0.39, 0.29) is 12.4 Å². The second-order valence-electron chi connectivity index (χ2n) is 4.97. The van der Waals surface area contributed by atoms with Crippen molar-refractivity contribution in [3.05, 3.63) is 71.8 Å². The zero-order valence-electron chi connectivity index (χ0n) is 11.5. The molecule has 0 bridgehead atoms. The minimum absolute atomic E-state index is 0. The van der Waals surface area contributed by atoms with Gasteiger partial charge in [0.15, 0.2) is 0 Å². The van der Waals surface area contributed by atoms with E-state index in [2.05, 4.69) is 79.8 Å². The highest BCUT2D eigenvalue weighted by molar-refractivity contribution is 5.85. The number of nitrogens with one attached hydrogen (secondary N) is 1. The summed E-state index contributed by atoms with van der Waals surface area (Å²) in [6.45, 7) is 4.39. The van der Waals surface area contributed by atoms with E-state index in [4.69, 9.17) is 0 Å². The summed E-state index contributed by atoms with van der Waals surface area (Å²) < 4.78 is 0. The Kier molecular flexibility index (Phi) is 6.61. The van der Waals surface area contributed by atoms with Gasteiger partial charge in [-0.3, -0.25) is 0 Å². The zero-order chi connectivity index (χ0) is 12.8. The van der Waals surface area contributed by atoms with Gasteiger partial charge in [-0.25, -0.2) is 0 Å². The molecule has 0 saturated carbocycles. The standard InChI is InChI=1S/C17H21N.ClH/c1-14(2)18-17(16-11-7-4-8-12-16)13-15-9-5-3-6-10-15;/h3-12,14,17-18H,13H2,1-2H3;1H. The molecule has 102 valence electrons. The summed E-state index contributed by atoms with van der Waals surface area (Å²) in [5, 5.41) is 3.64. The molecular formula is C17H22ClN. The van der Waals surface area contributed by atoms with Crippen LogP contribution in [0.2, 0.25) is 0 Å². The summed E-state index contributed by atoms with van der Waals surface area (Å²) in [5.74, 6) is 0. The highest BCUT2D eigenvalue weighted by atomic mass is 35.5. The van der Waals surface area contributed by atoms with E-state index in [9.17, 15) is 0 Å². The third-order valence-electron chi connectivity index (χ3n) is 3.02. The monoisotopic (exact) mass is 275 g/mol. The Hall–Kier alpha value is -1.31. The minimum Gasteiger partial charge on any atom is -0.307 e. The topological polar surface area (TPSA) is 12.0 Å². The molecule has 2 aromatic carbocycles. The molecule has 2 aromatic rings. The smallest absolute Gasteiger partial charge is 0.0362 e. The van der Waals surface area contributed by atoms with Crippen LogP contribution in [0.5, 0.6) is 0 Å². The van der Waals surface area contributed by atoms with Gasteiger partial charge in [0.1, 0.15) is 0 Å². The van der Waals surface area contributed by atoms with Gasteiger partial charge in [-0.05, 0) is 17.5 Å². The second-order valence-corrected chi connectivity index (χ2v) is 4.97. The van der Waals surface area contributed by atoms with Crippen molar-refractivity contribution in [1.29, 1.82) is 0 Å². The lowest BCUT2D eigenvalue weighted by Gasteiger charge is -2.22. The first kappa shape index (κ1) is 15.7. The molecule has 0 aliphatic heterocycles. The molecule has 1 unspecified atom stereocenters. The fraction of sp³-hybridized carbons (Fsp3) is 0.294. The van der Waals surface area contributed by atoms with Crippen molar-refractivity contribution in [2.45, 2.75) is 32.4 Å². The molecule has 1 atom stereocenters. The first-order valence-corrected chi connectivity index (χ1v) is 6.60. The third-order valence-corrected chi connectivity index (χ3v) is 3.02. The molecule has 0 spiro atoms. The van der Waals surface area contributed by atoms with Crippen LogP contribution in [0, 0.1) is 0 Å². The van der Waals surface area contributed by atoms with Gasteiger partial charge < -0.3 is 5.32 Å². The van der Waals surface area contributed by atoms with Crippen LogP contribution in [0.4, 0.5) is 0 Å². The summed E-state index contributed by atoms with van der Waals surface area (Å²) in [4.78, 5) is 0. The zero-order valence-corrected chi connectivity index (χ0v) is 12.4. The molecule has 0 amide bonds. The highest BCUT2D eigenvalue weighted by Crippen LogP contribution is 2.18. The van der Waals surface area contributed by atoms with Crippen molar-refractivity contribution in [3.8, 4) is 0 Å². The van der Waals surface area contributed by atoms with Gasteiger partial charge in [0.05, 0.1) is 0 Å². The van der Waals surface area contributed by atoms with Gasteiger partial charge in [-0.15, -0.1) is 12.4 Å². The van der Waals surface area contributed by atoms with Crippen LogP contribution in [-0.4, -0.2) is 6.04 Å². The molecule has 19 heavy (non-hydrogen) atoms. The van der Waals surface area contributed by atoms with Gasteiger partial charge in [0.2, 0.25) is 0 Å². The molecule has 1 N–H and O–H groups in total. The predicted molar refractivity (Wildman–Crippen MR) is 84.8 cm³/mol. The Labute approximate surface area is 122 Å². The van der Waals surface area contributed by atoms with E-state index in [1.54, 1.807) is 0 Å². The molecule has 0 radical (unpaired) electrons. The first-order valence-electron chi connectivity index (χ1n) is 6.60. The van der Waals surface area contributed by atoms with Gasteiger partial charge in [0, 0.05) is 12.1 Å². The van der Waals surface area contributed by atoms with Crippen LogP contribution in [-0.2, 0) is 6.42 Å². The quantitative estimate of drug-likeness (QED) is 0.853. The summed E-state index contributed by atoms with van der Waals surface area (Å²) >= 11 is 0. The molecule has 2 rings (SSSR count). The lowest BCUT2D eigenvalue weighted by molar-refractivity contribution is 0.475. The average molecular weight is 276 g/mol. The number of benzene rings is 2. The van der Waals surface area contributed by atoms with Crippen LogP contribution in [0.15, 0.2) is 60.7 Å². The summed E-state index contributed by atoms with van der Waals surface area (Å²) in [5.41, 5.74) is 2.73. The lowest BCUT2D eigenvalue weighted by atomic mass is 9.98. The third kappa shape index (κ3) is 5.06. The van der Waals surface area contributed by atoms with Crippen LogP contribution in [0.1, 0.15) is 31.0 Å². The summed E-state index contributed by atoms with van der Waals surface area (Å²) in [7, 11) is 0. The van der Waals surface area contributed by atoms with Crippen LogP contribution < -0.4 is 5.32 Å². The predicted octanol–water partition coefficient (Wildman–Crippen LogP) is 4.39. The average Bonchev–Trinajstić information content (AvgIpc) is 2.40. The minimum atomic E-state index is 0. The van der Waals surface area contributed by atoms with Crippen LogP contribution in [0.3, 0.4) is 0 Å². The molecule has 0 fully saturated rings. The molecule has 0 aromatic heterocycles. The van der Waals surface area contributed by atoms with Crippen LogP contribution in [0.25, 0.3) is 0 Å². The molecule has 0 aliphatic carbocycles. The van der Waals surface area contributed by atoms with Gasteiger partial charge in [-0.2, -0.15) is 0 Å². The Morgan fingerprint density at radius 1 is 0.842 bits per heavy atom. The van der Waals surface area contributed by atoms with Gasteiger partial charge in [0.25, 0.3) is 0 Å². The van der Waals surface area contributed by atoms with Crippen LogP contribution >= 0.6 is 12.4 Å². The summed E-state index contributed by atoms with van der Waals surface area (Å²) in [6, 6.07) is 22.2. The maximum Gasteiger partial charge on any atom is 0.0362 e. The number of rotatable bonds is 5. The fourth-order valence-electron chi connectivity index (χ4n) is 2.21. The van der Waals surface area contributed by atoms with Crippen molar-refractivity contribution in [2.24, 2.45) is 0 Å². The van der Waals surface area contributed by atoms with Gasteiger partial charge >= 0.3 is 0 Å². The number of hydrogen-bond acceptors (Lipinski definition) is 1. The molecule has 0 saturated heterocycles. The van der Waals surface area contributed by atoms with Crippen molar-refractivity contribution >= 4 is 12.4 Å². The molecular weight excluding hydrogens is 254 g/mol. The van der Waals surface area contributed by atoms with E-state index in [1.165, 1.54) is 11.1 Å².